The Hall–Kier alpha value is -1.04. The molecule has 0 amide bonds. The van der Waals surface area contributed by atoms with E-state index in [9.17, 15) is 0 Å². The standard InChI is InChI=1S/C9H13NO.O2S/c1-7-2-4-8(5-3-7)9(10)6-11;1-3-2/h2-5,9,11H,6,10H2,1H3;/t9-;/m0./s1. The Morgan fingerprint density at radius 3 is 2.14 bits per heavy atom. The molecular weight excluding hydrogens is 202 g/mol. The highest BCUT2D eigenvalue weighted by Crippen LogP contribution is 2.09. The quantitative estimate of drug-likeness (QED) is 0.744. The van der Waals surface area contributed by atoms with E-state index in [0.29, 0.717) is 0 Å². The monoisotopic (exact) mass is 215 g/mol. The minimum atomic E-state index is -0.750. The molecule has 1 aromatic carbocycles. The fourth-order valence-corrected chi connectivity index (χ4v) is 0.919. The van der Waals surface area contributed by atoms with E-state index < -0.39 is 11.6 Å². The van der Waals surface area contributed by atoms with Crippen molar-refractivity contribution in [2.75, 3.05) is 6.61 Å². The van der Waals surface area contributed by atoms with Crippen molar-refractivity contribution in [1.82, 2.24) is 0 Å². The molecule has 78 valence electrons. The van der Waals surface area contributed by atoms with Crippen LogP contribution in [0.15, 0.2) is 24.3 Å². The van der Waals surface area contributed by atoms with E-state index in [0.717, 1.165) is 5.56 Å². The molecule has 0 unspecified atom stereocenters. The van der Waals surface area contributed by atoms with Crippen LogP contribution in [0.25, 0.3) is 0 Å². The van der Waals surface area contributed by atoms with E-state index in [4.69, 9.17) is 19.3 Å². The topological polar surface area (TPSA) is 80.4 Å². The molecule has 4 nitrogen and oxygen atoms in total. The number of aryl methyl sites for hydroxylation is 1. The van der Waals surface area contributed by atoms with Crippen molar-refractivity contribution in [3.05, 3.63) is 35.4 Å². The second kappa shape index (κ2) is 7.37. The average molecular weight is 215 g/mol. The van der Waals surface area contributed by atoms with Crippen LogP contribution in [0.3, 0.4) is 0 Å². The summed E-state index contributed by atoms with van der Waals surface area (Å²) in [4.78, 5) is 0. The zero-order chi connectivity index (χ0) is 11.0. The summed E-state index contributed by atoms with van der Waals surface area (Å²) in [6, 6.07) is 7.62. The van der Waals surface area contributed by atoms with Crippen LogP contribution in [-0.2, 0) is 11.6 Å². The lowest BCUT2D eigenvalue weighted by Crippen LogP contribution is -2.14. The molecule has 0 aliphatic rings. The first-order chi connectivity index (χ1) is 6.65. The lowest BCUT2D eigenvalue weighted by molar-refractivity contribution is 0.268. The van der Waals surface area contributed by atoms with Crippen LogP contribution < -0.4 is 5.73 Å². The highest BCUT2D eigenvalue weighted by atomic mass is 32.1. The van der Waals surface area contributed by atoms with Crippen molar-refractivity contribution in [3.8, 4) is 0 Å². The van der Waals surface area contributed by atoms with Gasteiger partial charge in [0, 0.05) is 0 Å². The SMILES string of the molecule is Cc1ccc([C@@H](N)CO)cc1.O=S=O. The molecule has 0 saturated heterocycles. The number of hydrogen-bond donors (Lipinski definition) is 2. The third-order valence-electron chi connectivity index (χ3n) is 1.70. The van der Waals surface area contributed by atoms with Crippen LogP contribution in [0.5, 0.6) is 0 Å². The van der Waals surface area contributed by atoms with Crippen LogP contribution in [0.4, 0.5) is 0 Å². The van der Waals surface area contributed by atoms with Gasteiger partial charge in [0.1, 0.15) is 0 Å². The number of rotatable bonds is 2. The van der Waals surface area contributed by atoms with Gasteiger partial charge in [-0.25, -0.2) is 0 Å². The molecule has 0 bridgehead atoms. The highest BCUT2D eigenvalue weighted by Gasteiger charge is 2.01. The van der Waals surface area contributed by atoms with Crippen molar-refractivity contribution in [1.29, 1.82) is 0 Å². The number of aliphatic hydroxyl groups excluding tert-OH is 1. The van der Waals surface area contributed by atoms with Gasteiger partial charge in [0.05, 0.1) is 12.6 Å². The molecule has 0 radical (unpaired) electrons. The minimum absolute atomic E-state index is 0.00304. The summed E-state index contributed by atoms with van der Waals surface area (Å²) in [5, 5.41) is 8.73. The van der Waals surface area contributed by atoms with Gasteiger partial charge in [-0.3, -0.25) is 0 Å². The molecular formula is C9H13NO3S. The summed E-state index contributed by atoms with van der Waals surface area (Å²) in [6.45, 7) is 2.03. The van der Waals surface area contributed by atoms with Gasteiger partial charge >= 0.3 is 11.6 Å². The first-order valence-electron chi connectivity index (χ1n) is 4.00. The number of aliphatic hydroxyl groups is 1. The number of hydrogen-bond acceptors (Lipinski definition) is 4. The van der Waals surface area contributed by atoms with Crippen molar-refractivity contribution in [2.45, 2.75) is 13.0 Å². The zero-order valence-corrected chi connectivity index (χ0v) is 8.66. The molecule has 0 heterocycles. The van der Waals surface area contributed by atoms with Crippen LogP contribution in [0.1, 0.15) is 17.2 Å². The third-order valence-corrected chi connectivity index (χ3v) is 1.70. The maximum Gasteiger partial charge on any atom is 0.335 e. The third kappa shape index (κ3) is 4.86. The van der Waals surface area contributed by atoms with E-state index in [1.807, 2.05) is 31.2 Å². The smallest absolute Gasteiger partial charge is 0.335 e. The molecule has 0 spiro atoms. The van der Waals surface area contributed by atoms with Gasteiger partial charge in [-0.15, -0.1) is 0 Å². The predicted octanol–water partition coefficient (Wildman–Crippen LogP) is 0.317. The van der Waals surface area contributed by atoms with Gasteiger partial charge in [-0.05, 0) is 12.5 Å². The Balaban J connectivity index is 0.000000500. The van der Waals surface area contributed by atoms with Crippen LogP contribution >= 0.6 is 0 Å². The summed E-state index contributed by atoms with van der Waals surface area (Å²) in [7, 11) is 0. The summed E-state index contributed by atoms with van der Waals surface area (Å²) < 4.78 is 16.6. The number of nitrogens with two attached hydrogens (primary N) is 1. The molecule has 0 saturated carbocycles. The summed E-state index contributed by atoms with van der Waals surface area (Å²) >= 11 is -0.750. The molecule has 5 heteroatoms. The van der Waals surface area contributed by atoms with Crippen LogP contribution in [0.2, 0.25) is 0 Å². The van der Waals surface area contributed by atoms with Gasteiger partial charge in [0.2, 0.25) is 0 Å². The Bertz CT molecular complexity index is 293. The van der Waals surface area contributed by atoms with Gasteiger partial charge in [-0.1, -0.05) is 29.8 Å². The first kappa shape index (κ1) is 13.0. The van der Waals surface area contributed by atoms with Crippen molar-refractivity contribution >= 4 is 11.6 Å². The lowest BCUT2D eigenvalue weighted by atomic mass is 10.1. The van der Waals surface area contributed by atoms with Gasteiger partial charge in [0.25, 0.3) is 0 Å². The number of benzene rings is 1. The fourth-order valence-electron chi connectivity index (χ4n) is 0.919. The molecule has 0 fully saturated rings. The van der Waals surface area contributed by atoms with Gasteiger partial charge in [0.15, 0.2) is 0 Å². The molecule has 3 N–H and O–H groups in total. The van der Waals surface area contributed by atoms with Gasteiger partial charge < -0.3 is 10.8 Å². The second-order valence-electron chi connectivity index (χ2n) is 2.77. The van der Waals surface area contributed by atoms with Crippen LogP contribution in [0, 0.1) is 6.92 Å². The van der Waals surface area contributed by atoms with Gasteiger partial charge in [-0.2, -0.15) is 8.42 Å². The van der Waals surface area contributed by atoms with Crippen molar-refractivity contribution < 1.29 is 13.5 Å². The molecule has 0 aliphatic carbocycles. The molecule has 14 heavy (non-hydrogen) atoms. The maximum atomic E-state index is 8.73. The normalized spacial score (nSPS) is 11.1. The van der Waals surface area contributed by atoms with E-state index in [1.165, 1.54) is 5.56 Å². The van der Waals surface area contributed by atoms with Crippen molar-refractivity contribution in [2.24, 2.45) is 5.73 Å². The second-order valence-corrected chi connectivity index (χ2v) is 2.90. The molecule has 1 aromatic rings. The largest absolute Gasteiger partial charge is 0.394 e. The Morgan fingerprint density at radius 2 is 1.79 bits per heavy atom. The molecule has 1 atom stereocenters. The molecule has 0 aromatic heterocycles. The lowest BCUT2D eigenvalue weighted by Gasteiger charge is -2.07. The molecule has 0 aliphatic heterocycles. The maximum absolute atomic E-state index is 8.73. The van der Waals surface area contributed by atoms with E-state index >= 15 is 0 Å². The summed E-state index contributed by atoms with van der Waals surface area (Å²) in [6.07, 6.45) is 0. The first-order valence-corrected chi connectivity index (χ1v) is 4.67. The molecule has 1 rings (SSSR count). The fraction of sp³-hybridized carbons (Fsp3) is 0.333. The predicted molar refractivity (Wildman–Crippen MR) is 54.1 cm³/mol. The van der Waals surface area contributed by atoms with E-state index in [-0.39, 0.29) is 12.6 Å². The van der Waals surface area contributed by atoms with E-state index in [2.05, 4.69) is 0 Å². The Labute approximate surface area is 86.4 Å². The van der Waals surface area contributed by atoms with Crippen molar-refractivity contribution in [3.63, 3.8) is 0 Å². The van der Waals surface area contributed by atoms with Crippen LogP contribution in [-0.4, -0.2) is 20.1 Å². The minimum Gasteiger partial charge on any atom is -0.394 e. The average Bonchev–Trinajstić information content (AvgIpc) is 2.19. The van der Waals surface area contributed by atoms with E-state index in [1.54, 1.807) is 0 Å². The summed E-state index contributed by atoms with van der Waals surface area (Å²) in [5.41, 5.74) is 7.79. The highest BCUT2D eigenvalue weighted by molar-refractivity contribution is 7.51. The Kier molecular flexibility index (Phi) is 6.82. The summed E-state index contributed by atoms with van der Waals surface area (Å²) in [5.74, 6) is 0. The Morgan fingerprint density at radius 1 is 1.36 bits per heavy atom. The zero-order valence-electron chi connectivity index (χ0n) is 7.84.